The molecule has 42 heavy (non-hydrogen) atoms. The highest BCUT2D eigenvalue weighted by molar-refractivity contribution is 5.98. The number of nitrogens with one attached hydrogen (secondary N) is 1. The Hall–Kier alpha value is -4.04. The van der Waals surface area contributed by atoms with E-state index < -0.39 is 5.54 Å². The molecule has 216 valence electrons. The van der Waals surface area contributed by atoms with E-state index in [4.69, 9.17) is 19.7 Å². The van der Waals surface area contributed by atoms with Gasteiger partial charge in [-0.15, -0.1) is 0 Å². The van der Waals surface area contributed by atoms with Crippen LogP contribution >= 0.6 is 0 Å². The number of benzene rings is 2. The highest BCUT2D eigenvalue weighted by atomic mass is 16.5. The molecule has 1 N–H and O–H groups in total. The quantitative estimate of drug-likeness (QED) is 0.304. The summed E-state index contributed by atoms with van der Waals surface area (Å²) in [6, 6.07) is 14.6. The molecule has 1 aliphatic carbocycles. The van der Waals surface area contributed by atoms with Gasteiger partial charge in [0.25, 0.3) is 5.91 Å². The van der Waals surface area contributed by atoms with Crippen LogP contribution in [0.2, 0.25) is 0 Å². The molecule has 2 saturated heterocycles. The smallest absolute Gasteiger partial charge is 0.252 e. The minimum atomic E-state index is -0.444. The summed E-state index contributed by atoms with van der Waals surface area (Å²) >= 11 is 0. The lowest BCUT2D eigenvalue weighted by molar-refractivity contribution is 0.0767. The second-order valence-electron chi connectivity index (χ2n) is 12.2. The van der Waals surface area contributed by atoms with Crippen LogP contribution in [0.4, 0.5) is 5.95 Å². The van der Waals surface area contributed by atoms with Gasteiger partial charge in [0.05, 0.1) is 11.1 Å². The number of piperidine rings is 1. The number of hydrogen-bond acceptors (Lipinski definition) is 7. The van der Waals surface area contributed by atoms with Crippen LogP contribution in [0.25, 0.3) is 22.0 Å². The van der Waals surface area contributed by atoms with Crippen LogP contribution in [0.1, 0.15) is 60.0 Å². The van der Waals surface area contributed by atoms with Gasteiger partial charge in [-0.1, -0.05) is 12.1 Å². The van der Waals surface area contributed by atoms with E-state index in [-0.39, 0.29) is 5.91 Å². The first-order valence-electron chi connectivity index (χ1n) is 15.2. The third kappa shape index (κ3) is 5.20. The molecule has 1 amide bonds. The lowest BCUT2D eigenvalue weighted by Gasteiger charge is -2.37. The Kier molecular flexibility index (Phi) is 7.02. The van der Waals surface area contributed by atoms with E-state index in [0.29, 0.717) is 18.2 Å². The van der Waals surface area contributed by atoms with Gasteiger partial charge < -0.3 is 15.0 Å². The molecule has 7 rings (SSSR count). The van der Waals surface area contributed by atoms with E-state index in [1.54, 1.807) is 0 Å². The van der Waals surface area contributed by atoms with Crippen LogP contribution in [-0.2, 0) is 5.54 Å². The van der Waals surface area contributed by atoms with Crippen LogP contribution in [0.3, 0.4) is 0 Å². The summed E-state index contributed by atoms with van der Waals surface area (Å²) in [4.78, 5) is 32.5. The number of fused-ring (bicyclic) bond motifs is 1. The largest absolute Gasteiger partial charge is 0.492 e. The van der Waals surface area contributed by atoms with Gasteiger partial charge in [-0.05, 0) is 106 Å². The summed E-state index contributed by atoms with van der Waals surface area (Å²) in [6.45, 7) is 5.75. The van der Waals surface area contributed by atoms with Gasteiger partial charge in [-0.2, -0.15) is 0 Å². The number of nitrogens with zero attached hydrogens (tertiary/aromatic N) is 5. The van der Waals surface area contributed by atoms with Crippen molar-refractivity contribution >= 4 is 22.8 Å². The molecule has 1 atom stereocenters. The van der Waals surface area contributed by atoms with Gasteiger partial charge in [0, 0.05) is 54.2 Å². The lowest BCUT2D eigenvalue weighted by Crippen LogP contribution is -2.48. The first-order valence-corrected chi connectivity index (χ1v) is 15.2. The zero-order chi connectivity index (χ0) is 28.7. The summed E-state index contributed by atoms with van der Waals surface area (Å²) in [5.74, 6) is 1.46. The summed E-state index contributed by atoms with van der Waals surface area (Å²) in [6.07, 6.45) is 12.2. The highest BCUT2D eigenvalue weighted by Gasteiger charge is 2.47. The average molecular weight is 563 g/mol. The molecule has 0 spiro atoms. The highest BCUT2D eigenvalue weighted by Crippen LogP contribution is 2.49. The topological polar surface area (TPSA) is 83.5 Å². The van der Waals surface area contributed by atoms with Crippen LogP contribution < -0.4 is 15.0 Å². The first-order chi connectivity index (χ1) is 20.5. The van der Waals surface area contributed by atoms with Crippen molar-refractivity contribution in [3.63, 3.8) is 0 Å². The van der Waals surface area contributed by atoms with Crippen LogP contribution in [0, 0.1) is 6.92 Å². The Morgan fingerprint density at radius 2 is 1.81 bits per heavy atom. The third-order valence-corrected chi connectivity index (χ3v) is 9.28. The van der Waals surface area contributed by atoms with Crippen molar-refractivity contribution in [1.29, 1.82) is 0 Å². The molecule has 0 radical (unpaired) electrons. The Balaban J connectivity index is 1.16. The number of carbonyl (C=O) groups excluding carboxylic acids is 1. The second-order valence-corrected chi connectivity index (χ2v) is 12.2. The molecule has 0 unspecified atom stereocenters. The van der Waals surface area contributed by atoms with Gasteiger partial charge in [0.15, 0.2) is 0 Å². The van der Waals surface area contributed by atoms with Crippen molar-refractivity contribution in [1.82, 2.24) is 25.2 Å². The summed E-state index contributed by atoms with van der Waals surface area (Å²) < 4.78 is 6.08. The molecule has 0 bridgehead atoms. The average Bonchev–Trinajstić information content (AvgIpc) is 3.81. The zero-order valence-electron chi connectivity index (χ0n) is 24.5. The minimum Gasteiger partial charge on any atom is -0.492 e. The van der Waals surface area contributed by atoms with E-state index in [1.807, 2.05) is 49.8 Å². The summed E-state index contributed by atoms with van der Waals surface area (Å²) in [5.41, 5.74) is 5.09. The SMILES string of the molecule is Cc1ccc(OC[C@@H]2CCN2C)cc1C(=O)NC1(c2cc(-c3cnc(N4CCCCC4)nc3)cc3ncccc23)CC1. The number of pyridine rings is 1. The second kappa shape index (κ2) is 11.0. The standard InChI is InChI=1S/C34H38N6O2/c1-23-8-9-27(42-22-26-10-16-39(26)2)19-29(23)32(41)38-34(11-12-34)30-17-24(18-31-28(30)7-6-13-35-31)25-20-36-33(37-21-25)40-14-4-3-5-15-40/h6-9,13,17-21,26H,3-5,10-12,14-16,22H2,1-2H3,(H,38,41)/t26-/m0/s1. The van der Waals surface area contributed by atoms with Crippen molar-refractivity contribution in [3.8, 4) is 16.9 Å². The van der Waals surface area contributed by atoms with Gasteiger partial charge in [0.1, 0.15) is 12.4 Å². The monoisotopic (exact) mass is 562 g/mol. The molecule has 2 aliphatic heterocycles. The predicted molar refractivity (Wildman–Crippen MR) is 165 cm³/mol. The number of ether oxygens (including phenoxy) is 1. The van der Waals surface area contributed by atoms with Crippen LogP contribution in [-0.4, -0.2) is 65.1 Å². The van der Waals surface area contributed by atoms with Crippen LogP contribution in [0.5, 0.6) is 5.75 Å². The maximum atomic E-state index is 13.8. The van der Waals surface area contributed by atoms with Crippen molar-refractivity contribution in [2.45, 2.75) is 57.0 Å². The van der Waals surface area contributed by atoms with Crippen molar-refractivity contribution in [2.24, 2.45) is 0 Å². The molecule has 1 saturated carbocycles. The Bertz CT molecular complexity index is 1610. The van der Waals surface area contributed by atoms with E-state index in [1.165, 1.54) is 19.3 Å². The van der Waals surface area contributed by atoms with Crippen LogP contribution in [0.15, 0.2) is 61.1 Å². The number of aryl methyl sites for hydroxylation is 1. The molecular formula is C34H38N6O2. The number of rotatable bonds is 8. The Morgan fingerprint density at radius 1 is 1.00 bits per heavy atom. The Morgan fingerprint density at radius 3 is 2.52 bits per heavy atom. The number of anilines is 1. The van der Waals surface area contributed by atoms with Crippen molar-refractivity contribution in [3.05, 3.63) is 77.7 Å². The summed E-state index contributed by atoms with van der Waals surface area (Å²) in [5, 5.41) is 4.48. The molecule has 8 nitrogen and oxygen atoms in total. The minimum absolute atomic E-state index is 0.0760. The third-order valence-electron chi connectivity index (χ3n) is 9.28. The normalized spacial score (nSPS) is 19.8. The fraction of sp³-hybridized carbons (Fsp3) is 0.412. The molecular weight excluding hydrogens is 524 g/mol. The summed E-state index contributed by atoms with van der Waals surface area (Å²) in [7, 11) is 2.12. The van der Waals surface area contributed by atoms with E-state index in [9.17, 15) is 4.79 Å². The molecule has 4 heterocycles. The lowest BCUT2D eigenvalue weighted by atomic mass is 9.94. The van der Waals surface area contributed by atoms with Crippen molar-refractivity contribution in [2.75, 3.05) is 38.2 Å². The van der Waals surface area contributed by atoms with E-state index >= 15 is 0 Å². The zero-order valence-corrected chi connectivity index (χ0v) is 24.5. The van der Waals surface area contributed by atoms with E-state index in [2.05, 4.69) is 40.4 Å². The molecule has 8 heteroatoms. The van der Waals surface area contributed by atoms with Gasteiger partial charge in [-0.25, -0.2) is 9.97 Å². The van der Waals surface area contributed by atoms with Gasteiger partial charge >= 0.3 is 0 Å². The first kappa shape index (κ1) is 26.8. The fourth-order valence-electron chi connectivity index (χ4n) is 6.25. The number of amides is 1. The van der Waals surface area contributed by atoms with E-state index in [0.717, 1.165) is 83.8 Å². The molecule has 2 aromatic carbocycles. The number of aromatic nitrogens is 3. The number of likely N-dealkylation sites (N-methyl/N-ethyl adjacent to an activating group) is 1. The molecule has 4 aromatic rings. The molecule has 3 aliphatic rings. The molecule has 2 aromatic heterocycles. The maximum Gasteiger partial charge on any atom is 0.252 e. The van der Waals surface area contributed by atoms with Gasteiger partial charge in [-0.3, -0.25) is 14.7 Å². The van der Waals surface area contributed by atoms with Gasteiger partial charge in [0.2, 0.25) is 5.95 Å². The number of hydrogen-bond donors (Lipinski definition) is 1. The fourth-order valence-corrected chi connectivity index (χ4v) is 6.25. The van der Waals surface area contributed by atoms with Crippen molar-refractivity contribution < 1.29 is 9.53 Å². The number of carbonyl (C=O) groups is 1. The molecule has 3 fully saturated rings. The number of likely N-dealkylation sites (tertiary alicyclic amines) is 1. The maximum absolute atomic E-state index is 13.8. The Labute approximate surface area is 247 Å². The predicted octanol–water partition coefficient (Wildman–Crippen LogP) is 5.49.